The summed E-state index contributed by atoms with van der Waals surface area (Å²) in [6, 6.07) is 10.2. The minimum absolute atomic E-state index is 0.0639. The molecule has 0 saturated heterocycles. The van der Waals surface area contributed by atoms with Crippen LogP contribution in [0.4, 0.5) is 5.69 Å². The van der Waals surface area contributed by atoms with Crippen LogP contribution < -0.4 is 10.2 Å². The van der Waals surface area contributed by atoms with Crippen LogP contribution in [0.25, 0.3) is 0 Å². The Hall–Kier alpha value is -1.65. The maximum Gasteiger partial charge on any atom is 0.282 e. The van der Waals surface area contributed by atoms with E-state index >= 15 is 0 Å². The van der Waals surface area contributed by atoms with E-state index in [-0.39, 0.29) is 11.9 Å². The van der Waals surface area contributed by atoms with Gasteiger partial charge in [0.2, 0.25) is 0 Å². The van der Waals surface area contributed by atoms with Gasteiger partial charge in [-0.1, -0.05) is 26.0 Å². The van der Waals surface area contributed by atoms with Gasteiger partial charge in [-0.25, -0.2) is 0 Å². The summed E-state index contributed by atoms with van der Waals surface area (Å²) in [4.78, 5) is 15.0. The fourth-order valence-electron chi connectivity index (χ4n) is 2.42. The highest BCUT2D eigenvalue weighted by Crippen LogP contribution is 2.17. The van der Waals surface area contributed by atoms with Crippen LogP contribution in [0.2, 0.25) is 0 Å². The molecule has 124 valence electrons. The van der Waals surface area contributed by atoms with E-state index in [1.165, 1.54) is 20.9 Å². The molecule has 0 aliphatic carbocycles. The van der Waals surface area contributed by atoms with Gasteiger partial charge in [-0.3, -0.25) is 4.79 Å². The molecule has 0 bridgehead atoms. The summed E-state index contributed by atoms with van der Waals surface area (Å²) >= 11 is 1.76. The first kappa shape index (κ1) is 17.7. The van der Waals surface area contributed by atoms with Crippen molar-refractivity contribution in [2.45, 2.75) is 46.2 Å². The molecule has 0 radical (unpaired) electrons. The standard InChI is InChI=1S/C19H26N2OS/c1-13(2)16-6-8-17(9-7-16)20-19(22)15(4)21(5)12-18-14(3)10-11-23-18/h6-11,13,15H,12H2,1-5H3,(H,20,22)/p+1/t15-/m0/s1. The van der Waals surface area contributed by atoms with Crippen molar-refractivity contribution in [3.8, 4) is 0 Å². The molecule has 1 aromatic heterocycles. The number of likely N-dealkylation sites (N-methyl/N-ethyl adjacent to an activating group) is 1. The lowest BCUT2D eigenvalue weighted by Gasteiger charge is -2.21. The molecule has 2 atom stereocenters. The van der Waals surface area contributed by atoms with E-state index in [1.54, 1.807) is 11.3 Å². The Balaban J connectivity index is 1.95. The first-order valence-electron chi connectivity index (χ1n) is 8.14. The molecule has 2 rings (SSSR count). The fourth-order valence-corrected chi connectivity index (χ4v) is 3.42. The van der Waals surface area contributed by atoms with E-state index in [0.717, 1.165) is 12.2 Å². The molecule has 0 spiro atoms. The molecule has 0 fully saturated rings. The van der Waals surface area contributed by atoms with Crippen molar-refractivity contribution in [3.63, 3.8) is 0 Å². The normalized spacial score (nSPS) is 13.8. The number of carbonyl (C=O) groups is 1. The van der Waals surface area contributed by atoms with Gasteiger partial charge in [0.25, 0.3) is 5.91 Å². The van der Waals surface area contributed by atoms with Gasteiger partial charge >= 0.3 is 0 Å². The fraction of sp³-hybridized carbons (Fsp3) is 0.421. The van der Waals surface area contributed by atoms with Crippen LogP contribution in [0.15, 0.2) is 35.7 Å². The summed E-state index contributed by atoms with van der Waals surface area (Å²) in [6.07, 6.45) is 0. The number of thiophene rings is 1. The van der Waals surface area contributed by atoms with Crippen LogP contribution >= 0.6 is 11.3 Å². The number of rotatable bonds is 6. The zero-order valence-corrected chi connectivity index (χ0v) is 15.5. The van der Waals surface area contributed by atoms with Crippen molar-refractivity contribution < 1.29 is 9.69 Å². The summed E-state index contributed by atoms with van der Waals surface area (Å²) in [5.74, 6) is 0.567. The van der Waals surface area contributed by atoms with Gasteiger partial charge in [-0.2, -0.15) is 0 Å². The Labute approximate surface area is 143 Å². The lowest BCUT2D eigenvalue weighted by Crippen LogP contribution is -3.12. The predicted octanol–water partition coefficient (Wildman–Crippen LogP) is 3.22. The first-order valence-corrected chi connectivity index (χ1v) is 9.02. The third-order valence-corrected chi connectivity index (χ3v) is 5.41. The highest BCUT2D eigenvalue weighted by atomic mass is 32.1. The maximum absolute atomic E-state index is 12.5. The maximum atomic E-state index is 12.5. The molecule has 4 heteroatoms. The molecule has 0 aliphatic heterocycles. The SMILES string of the molecule is Cc1ccsc1C[NH+](C)[C@@H](C)C(=O)Nc1ccc(C(C)C)cc1. The lowest BCUT2D eigenvalue weighted by atomic mass is 10.0. The van der Waals surface area contributed by atoms with Crippen molar-refractivity contribution in [1.29, 1.82) is 0 Å². The number of nitrogens with one attached hydrogen (secondary N) is 2. The van der Waals surface area contributed by atoms with E-state index in [1.807, 2.05) is 19.1 Å². The summed E-state index contributed by atoms with van der Waals surface area (Å²) < 4.78 is 0. The Morgan fingerprint density at radius 2 is 1.83 bits per heavy atom. The van der Waals surface area contributed by atoms with Crippen LogP contribution in [0, 0.1) is 6.92 Å². The van der Waals surface area contributed by atoms with Crippen molar-refractivity contribution in [2.24, 2.45) is 0 Å². The quantitative estimate of drug-likeness (QED) is 0.837. The number of benzene rings is 1. The average Bonchev–Trinajstić information content (AvgIpc) is 2.92. The van der Waals surface area contributed by atoms with Crippen LogP contribution in [0.1, 0.15) is 42.7 Å². The molecule has 0 saturated carbocycles. The van der Waals surface area contributed by atoms with Crippen molar-refractivity contribution >= 4 is 22.9 Å². The van der Waals surface area contributed by atoms with Gasteiger partial charge in [0, 0.05) is 5.69 Å². The van der Waals surface area contributed by atoms with Crippen LogP contribution in [-0.4, -0.2) is 19.0 Å². The molecule has 1 amide bonds. The molecule has 1 unspecified atom stereocenters. The van der Waals surface area contributed by atoms with Gasteiger partial charge in [-0.05, 0) is 54.5 Å². The Morgan fingerprint density at radius 3 is 2.35 bits per heavy atom. The Morgan fingerprint density at radius 1 is 1.17 bits per heavy atom. The molecule has 1 aromatic carbocycles. The number of carbonyl (C=O) groups excluding carboxylic acids is 1. The van der Waals surface area contributed by atoms with Gasteiger partial charge in [0.05, 0.1) is 11.9 Å². The molecule has 2 N–H and O–H groups in total. The smallest absolute Gasteiger partial charge is 0.282 e. The lowest BCUT2D eigenvalue weighted by molar-refractivity contribution is -0.907. The number of amides is 1. The number of aryl methyl sites for hydroxylation is 1. The molecule has 23 heavy (non-hydrogen) atoms. The second-order valence-electron chi connectivity index (χ2n) is 6.54. The third kappa shape index (κ3) is 4.66. The molecule has 0 aliphatic rings. The summed E-state index contributed by atoms with van der Waals surface area (Å²) in [6.45, 7) is 9.32. The van der Waals surface area contributed by atoms with Crippen molar-refractivity contribution in [1.82, 2.24) is 0 Å². The van der Waals surface area contributed by atoms with E-state index in [9.17, 15) is 4.79 Å². The number of anilines is 1. The van der Waals surface area contributed by atoms with Crippen LogP contribution in [-0.2, 0) is 11.3 Å². The predicted molar refractivity (Wildman–Crippen MR) is 98.3 cm³/mol. The van der Waals surface area contributed by atoms with Crippen molar-refractivity contribution in [3.05, 3.63) is 51.7 Å². The number of hydrogen-bond acceptors (Lipinski definition) is 2. The summed E-state index contributed by atoms with van der Waals surface area (Å²) in [7, 11) is 2.07. The third-order valence-electron chi connectivity index (χ3n) is 4.38. The van der Waals surface area contributed by atoms with Gasteiger partial charge < -0.3 is 10.2 Å². The minimum Gasteiger partial charge on any atom is -0.323 e. The number of hydrogen-bond donors (Lipinski definition) is 2. The highest BCUT2D eigenvalue weighted by Gasteiger charge is 2.22. The Kier molecular flexibility index (Phi) is 5.97. The number of quaternary nitrogens is 1. The Bertz CT molecular complexity index is 646. The van der Waals surface area contributed by atoms with E-state index in [2.05, 4.69) is 56.7 Å². The van der Waals surface area contributed by atoms with Gasteiger partial charge in [0.15, 0.2) is 6.04 Å². The summed E-state index contributed by atoms with van der Waals surface area (Å²) in [5.41, 5.74) is 3.46. The van der Waals surface area contributed by atoms with Crippen LogP contribution in [0.5, 0.6) is 0 Å². The van der Waals surface area contributed by atoms with Gasteiger partial charge in [-0.15, -0.1) is 11.3 Å². The van der Waals surface area contributed by atoms with Gasteiger partial charge in [0.1, 0.15) is 6.54 Å². The molecule has 1 heterocycles. The first-order chi connectivity index (χ1) is 10.9. The average molecular weight is 332 g/mol. The monoisotopic (exact) mass is 331 g/mol. The van der Waals surface area contributed by atoms with E-state index < -0.39 is 0 Å². The van der Waals surface area contributed by atoms with E-state index in [4.69, 9.17) is 0 Å². The van der Waals surface area contributed by atoms with Crippen molar-refractivity contribution in [2.75, 3.05) is 12.4 Å². The minimum atomic E-state index is -0.0960. The zero-order valence-electron chi connectivity index (χ0n) is 14.6. The van der Waals surface area contributed by atoms with Crippen LogP contribution in [0.3, 0.4) is 0 Å². The topological polar surface area (TPSA) is 33.5 Å². The van der Waals surface area contributed by atoms with E-state index in [0.29, 0.717) is 5.92 Å². The molecule has 2 aromatic rings. The zero-order chi connectivity index (χ0) is 17.0. The molecular weight excluding hydrogens is 304 g/mol. The second-order valence-corrected chi connectivity index (χ2v) is 7.54. The molecule has 3 nitrogen and oxygen atoms in total. The summed E-state index contributed by atoms with van der Waals surface area (Å²) in [5, 5.41) is 5.14. The largest absolute Gasteiger partial charge is 0.323 e. The second kappa shape index (κ2) is 7.75. The highest BCUT2D eigenvalue weighted by molar-refractivity contribution is 7.10. The molecular formula is C19H27N2OS+.